The first-order valence-electron chi connectivity index (χ1n) is 5.80. The van der Waals surface area contributed by atoms with Gasteiger partial charge in [-0.05, 0) is 29.9 Å². The van der Waals surface area contributed by atoms with Crippen LogP contribution in [-0.4, -0.2) is 0 Å². The molecule has 1 aromatic carbocycles. The summed E-state index contributed by atoms with van der Waals surface area (Å²) < 4.78 is 0. The van der Waals surface area contributed by atoms with Crippen LogP contribution >= 0.6 is 0 Å². The van der Waals surface area contributed by atoms with Crippen molar-refractivity contribution in [3.63, 3.8) is 0 Å². The topological polar surface area (TPSA) is 0 Å². The zero-order chi connectivity index (χ0) is 11.1. The van der Waals surface area contributed by atoms with Crippen molar-refractivity contribution in [3.8, 4) is 12.3 Å². The number of aryl methyl sites for hydroxylation is 1. The lowest BCUT2D eigenvalue weighted by Gasteiger charge is -2.09. The van der Waals surface area contributed by atoms with E-state index < -0.39 is 0 Å². The van der Waals surface area contributed by atoms with E-state index in [1.54, 1.807) is 0 Å². The molecule has 0 saturated carbocycles. The predicted molar refractivity (Wildman–Crippen MR) is 66.9 cm³/mol. The highest BCUT2D eigenvalue weighted by molar-refractivity contribution is 5.25. The molecule has 0 aliphatic rings. The van der Waals surface area contributed by atoms with Gasteiger partial charge in [0.1, 0.15) is 0 Å². The largest absolute Gasteiger partial charge is 0.120 e. The number of rotatable bonds is 5. The summed E-state index contributed by atoms with van der Waals surface area (Å²) in [6.45, 7) is 4.41. The highest BCUT2D eigenvalue weighted by Gasteiger charge is 2.03. The van der Waals surface area contributed by atoms with Gasteiger partial charge in [0.05, 0.1) is 0 Å². The summed E-state index contributed by atoms with van der Waals surface area (Å²) in [5.41, 5.74) is 2.79. The van der Waals surface area contributed by atoms with Crippen molar-refractivity contribution in [2.75, 3.05) is 0 Å². The molecule has 0 aliphatic carbocycles. The maximum atomic E-state index is 5.31. The van der Waals surface area contributed by atoms with Crippen molar-refractivity contribution < 1.29 is 0 Å². The maximum Gasteiger partial charge on any atom is 0.0152 e. The Hall–Kier alpha value is -1.22. The first-order valence-corrected chi connectivity index (χ1v) is 5.80. The van der Waals surface area contributed by atoms with E-state index in [1.165, 1.54) is 30.4 Å². The van der Waals surface area contributed by atoms with Crippen LogP contribution in [0.25, 0.3) is 0 Å². The van der Waals surface area contributed by atoms with E-state index in [2.05, 4.69) is 44.0 Å². The molecule has 0 radical (unpaired) electrons. The summed E-state index contributed by atoms with van der Waals surface area (Å²) in [5.74, 6) is 3.20. The van der Waals surface area contributed by atoms with E-state index in [9.17, 15) is 0 Å². The van der Waals surface area contributed by atoms with Crippen molar-refractivity contribution in [1.29, 1.82) is 0 Å². The van der Waals surface area contributed by atoms with Gasteiger partial charge in [-0.15, -0.1) is 12.3 Å². The number of unbranched alkanes of at least 4 members (excludes halogenated alkanes) is 1. The molecule has 0 aromatic heterocycles. The van der Waals surface area contributed by atoms with Crippen LogP contribution in [0.4, 0.5) is 0 Å². The SMILES string of the molecule is C#CCC(C)c1ccc(CCCC)cc1. The monoisotopic (exact) mass is 200 g/mol. The molecule has 80 valence electrons. The standard InChI is InChI=1S/C15H20/c1-4-6-8-14-9-11-15(12-10-14)13(3)7-5-2/h2,9-13H,4,6-8H2,1,3H3. The summed E-state index contributed by atoms with van der Waals surface area (Å²) in [7, 11) is 0. The number of benzene rings is 1. The molecule has 0 nitrogen and oxygen atoms in total. The molecular weight excluding hydrogens is 180 g/mol. The van der Waals surface area contributed by atoms with E-state index in [0.717, 1.165) is 6.42 Å². The Morgan fingerprint density at radius 3 is 2.47 bits per heavy atom. The zero-order valence-electron chi connectivity index (χ0n) is 9.79. The zero-order valence-corrected chi connectivity index (χ0v) is 9.79. The van der Waals surface area contributed by atoms with Gasteiger partial charge in [0.15, 0.2) is 0 Å². The molecule has 0 heterocycles. The summed E-state index contributed by atoms with van der Waals surface area (Å²) in [4.78, 5) is 0. The van der Waals surface area contributed by atoms with Crippen LogP contribution in [0.15, 0.2) is 24.3 Å². The Morgan fingerprint density at radius 1 is 1.27 bits per heavy atom. The second-order valence-corrected chi connectivity index (χ2v) is 4.15. The molecule has 15 heavy (non-hydrogen) atoms. The molecule has 0 saturated heterocycles. The molecule has 0 bridgehead atoms. The van der Waals surface area contributed by atoms with Gasteiger partial charge in [-0.3, -0.25) is 0 Å². The second kappa shape index (κ2) is 6.30. The minimum atomic E-state index is 0.482. The molecule has 0 heteroatoms. The van der Waals surface area contributed by atoms with Crippen LogP contribution in [0.5, 0.6) is 0 Å². The number of hydrogen-bond acceptors (Lipinski definition) is 0. The fraction of sp³-hybridized carbons (Fsp3) is 0.467. The van der Waals surface area contributed by atoms with Gasteiger partial charge >= 0.3 is 0 Å². The third-order valence-electron chi connectivity index (χ3n) is 2.79. The van der Waals surface area contributed by atoms with Gasteiger partial charge in [0, 0.05) is 6.42 Å². The number of terminal acetylenes is 1. The molecule has 0 fully saturated rings. The van der Waals surface area contributed by atoms with Crippen LogP contribution in [0.2, 0.25) is 0 Å². The smallest absolute Gasteiger partial charge is 0.0152 e. The van der Waals surface area contributed by atoms with Crippen molar-refractivity contribution in [2.45, 2.75) is 45.4 Å². The quantitative estimate of drug-likeness (QED) is 0.626. The summed E-state index contributed by atoms with van der Waals surface area (Å²) in [5, 5.41) is 0. The lowest BCUT2D eigenvalue weighted by Crippen LogP contribution is -1.93. The molecule has 0 N–H and O–H groups in total. The Balaban J connectivity index is 2.60. The van der Waals surface area contributed by atoms with Crippen molar-refractivity contribution in [2.24, 2.45) is 0 Å². The highest BCUT2D eigenvalue weighted by Crippen LogP contribution is 2.19. The van der Waals surface area contributed by atoms with Crippen LogP contribution in [0.1, 0.15) is 50.2 Å². The van der Waals surface area contributed by atoms with Gasteiger partial charge in [0.2, 0.25) is 0 Å². The van der Waals surface area contributed by atoms with E-state index in [0.29, 0.717) is 5.92 Å². The third-order valence-corrected chi connectivity index (χ3v) is 2.79. The Labute approximate surface area is 93.7 Å². The first kappa shape index (κ1) is 11.9. The molecule has 1 atom stereocenters. The van der Waals surface area contributed by atoms with Crippen LogP contribution in [-0.2, 0) is 6.42 Å². The minimum Gasteiger partial charge on any atom is -0.120 e. The molecule has 1 unspecified atom stereocenters. The molecular formula is C15H20. The van der Waals surface area contributed by atoms with E-state index >= 15 is 0 Å². The first-order chi connectivity index (χ1) is 7.27. The normalized spacial score (nSPS) is 12.1. The molecule has 0 aliphatic heterocycles. The third kappa shape index (κ3) is 3.80. The van der Waals surface area contributed by atoms with Crippen LogP contribution in [0, 0.1) is 12.3 Å². The van der Waals surface area contributed by atoms with E-state index in [4.69, 9.17) is 6.42 Å². The lowest BCUT2D eigenvalue weighted by atomic mass is 9.96. The summed E-state index contributed by atoms with van der Waals surface area (Å²) >= 11 is 0. The Morgan fingerprint density at radius 2 is 1.93 bits per heavy atom. The fourth-order valence-electron chi connectivity index (χ4n) is 1.69. The Bertz CT molecular complexity index is 313. The molecule has 0 amide bonds. The molecule has 0 spiro atoms. The summed E-state index contributed by atoms with van der Waals surface area (Å²) in [6.07, 6.45) is 9.87. The average molecular weight is 200 g/mol. The van der Waals surface area contributed by atoms with Crippen molar-refractivity contribution >= 4 is 0 Å². The van der Waals surface area contributed by atoms with E-state index in [1.807, 2.05) is 0 Å². The fourth-order valence-corrected chi connectivity index (χ4v) is 1.69. The van der Waals surface area contributed by atoms with Crippen molar-refractivity contribution in [3.05, 3.63) is 35.4 Å². The Kier molecular flexibility index (Phi) is 4.98. The minimum absolute atomic E-state index is 0.482. The lowest BCUT2D eigenvalue weighted by molar-refractivity contribution is 0.783. The number of hydrogen-bond donors (Lipinski definition) is 0. The van der Waals surface area contributed by atoms with E-state index in [-0.39, 0.29) is 0 Å². The van der Waals surface area contributed by atoms with Crippen LogP contribution in [0.3, 0.4) is 0 Å². The van der Waals surface area contributed by atoms with Crippen LogP contribution < -0.4 is 0 Å². The van der Waals surface area contributed by atoms with Crippen molar-refractivity contribution in [1.82, 2.24) is 0 Å². The van der Waals surface area contributed by atoms with Gasteiger partial charge in [0.25, 0.3) is 0 Å². The highest BCUT2D eigenvalue weighted by atomic mass is 14.1. The van der Waals surface area contributed by atoms with Gasteiger partial charge in [-0.25, -0.2) is 0 Å². The van der Waals surface area contributed by atoms with Gasteiger partial charge in [-0.2, -0.15) is 0 Å². The molecule has 1 rings (SSSR count). The van der Waals surface area contributed by atoms with Gasteiger partial charge < -0.3 is 0 Å². The average Bonchev–Trinajstić information content (AvgIpc) is 2.27. The maximum absolute atomic E-state index is 5.31. The molecule has 1 aromatic rings. The second-order valence-electron chi connectivity index (χ2n) is 4.15. The summed E-state index contributed by atoms with van der Waals surface area (Å²) in [6, 6.07) is 8.90. The predicted octanol–water partition coefficient (Wildman–Crippen LogP) is 4.16. The van der Waals surface area contributed by atoms with Gasteiger partial charge in [-0.1, -0.05) is 44.5 Å².